The topological polar surface area (TPSA) is 24.9 Å². The Kier molecular flexibility index (Phi) is 4.78. The van der Waals surface area contributed by atoms with Gasteiger partial charge >= 0.3 is 0 Å². The summed E-state index contributed by atoms with van der Waals surface area (Å²) in [6.07, 6.45) is 1.02. The van der Waals surface area contributed by atoms with Gasteiger partial charge in [0, 0.05) is 22.3 Å². The first-order valence-electron chi connectivity index (χ1n) is 5.98. The molecule has 1 atom stereocenters. The van der Waals surface area contributed by atoms with E-state index in [1.807, 2.05) is 6.07 Å². The summed E-state index contributed by atoms with van der Waals surface area (Å²) >= 11 is 9.33. The van der Waals surface area contributed by atoms with Crippen LogP contribution in [0.5, 0.6) is 0 Å². The molecule has 2 heterocycles. The Morgan fingerprint density at radius 3 is 2.67 bits per heavy atom. The van der Waals surface area contributed by atoms with Crippen molar-refractivity contribution in [1.82, 2.24) is 10.3 Å². The quantitative estimate of drug-likeness (QED) is 0.887. The van der Waals surface area contributed by atoms with Crippen LogP contribution in [0.3, 0.4) is 0 Å². The highest BCUT2D eigenvalue weighted by Crippen LogP contribution is 2.23. The SMILES string of the molecule is Cc1nc(C(C)NCCc2ccc(Cl)s2)c(C)s1. The van der Waals surface area contributed by atoms with E-state index < -0.39 is 0 Å². The molecule has 0 aliphatic rings. The maximum Gasteiger partial charge on any atom is 0.0931 e. The summed E-state index contributed by atoms with van der Waals surface area (Å²) < 4.78 is 0.865. The van der Waals surface area contributed by atoms with Crippen molar-refractivity contribution in [1.29, 1.82) is 0 Å². The van der Waals surface area contributed by atoms with Crippen LogP contribution in [0.2, 0.25) is 4.34 Å². The van der Waals surface area contributed by atoms with Crippen molar-refractivity contribution >= 4 is 34.3 Å². The van der Waals surface area contributed by atoms with E-state index >= 15 is 0 Å². The number of aromatic nitrogens is 1. The van der Waals surface area contributed by atoms with Gasteiger partial charge in [0.25, 0.3) is 0 Å². The number of thiazole rings is 1. The largest absolute Gasteiger partial charge is 0.308 e. The molecule has 0 saturated heterocycles. The van der Waals surface area contributed by atoms with Crippen LogP contribution >= 0.6 is 34.3 Å². The average Bonchev–Trinajstić information content (AvgIpc) is 2.85. The molecule has 98 valence electrons. The second-order valence-corrected chi connectivity index (χ2v) is 7.51. The van der Waals surface area contributed by atoms with Crippen molar-refractivity contribution in [3.05, 3.63) is 36.9 Å². The highest BCUT2D eigenvalue weighted by Gasteiger charge is 2.12. The number of halogens is 1. The molecule has 0 spiro atoms. The Morgan fingerprint density at radius 1 is 1.33 bits per heavy atom. The van der Waals surface area contributed by atoms with Crippen molar-refractivity contribution in [3.8, 4) is 0 Å². The fourth-order valence-electron chi connectivity index (χ4n) is 1.94. The third-order valence-electron chi connectivity index (χ3n) is 2.80. The van der Waals surface area contributed by atoms with Gasteiger partial charge in [0.05, 0.1) is 15.0 Å². The van der Waals surface area contributed by atoms with E-state index in [-0.39, 0.29) is 0 Å². The molecule has 0 amide bonds. The van der Waals surface area contributed by atoms with Gasteiger partial charge in [0.15, 0.2) is 0 Å². The summed E-state index contributed by atoms with van der Waals surface area (Å²) in [4.78, 5) is 7.21. The Balaban J connectivity index is 1.85. The zero-order valence-corrected chi connectivity index (χ0v) is 13.2. The first-order chi connectivity index (χ1) is 8.56. The number of hydrogen-bond donors (Lipinski definition) is 1. The molecular formula is C13H17ClN2S2. The van der Waals surface area contributed by atoms with Crippen molar-refractivity contribution in [3.63, 3.8) is 0 Å². The average molecular weight is 301 g/mol. The van der Waals surface area contributed by atoms with E-state index in [4.69, 9.17) is 11.6 Å². The van der Waals surface area contributed by atoms with Crippen LogP contribution in [0, 0.1) is 13.8 Å². The predicted octanol–water partition coefficient (Wildman–Crippen LogP) is 4.37. The first-order valence-corrected chi connectivity index (χ1v) is 7.99. The first kappa shape index (κ1) is 14.0. The Bertz CT molecular complexity index is 519. The van der Waals surface area contributed by atoms with Gasteiger partial charge in [-0.15, -0.1) is 22.7 Å². The molecule has 0 aliphatic heterocycles. The second-order valence-electron chi connectivity index (χ2n) is 4.31. The number of nitrogens with one attached hydrogen (secondary N) is 1. The summed E-state index contributed by atoms with van der Waals surface area (Å²) in [5, 5.41) is 4.66. The van der Waals surface area contributed by atoms with Crippen molar-refractivity contribution < 1.29 is 0 Å². The van der Waals surface area contributed by atoms with Gasteiger partial charge in [0.1, 0.15) is 0 Å². The van der Waals surface area contributed by atoms with Gasteiger partial charge in [-0.05, 0) is 39.3 Å². The molecule has 0 fully saturated rings. The zero-order valence-electron chi connectivity index (χ0n) is 10.8. The third-order valence-corrected chi connectivity index (χ3v) is 4.99. The fourth-order valence-corrected chi connectivity index (χ4v) is 3.94. The summed E-state index contributed by atoms with van der Waals surface area (Å²) in [6.45, 7) is 7.32. The van der Waals surface area contributed by atoms with E-state index in [2.05, 4.69) is 37.1 Å². The highest BCUT2D eigenvalue weighted by atomic mass is 35.5. The van der Waals surface area contributed by atoms with Crippen LogP contribution < -0.4 is 5.32 Å². The van der Waals surface area contributed by atoms with Crippen molar-refractivity contribution in [2.75, 3.05) is 6.54 Å². The van der Waals surface area contributed by atoms with Gasteiger partial charge in [-0.3, -0.25) is 0 Å². The predicted molar refractivity (Wildman–Crippen MR) is 81.0 cm³/mol. The molecular weight excluding hydrogens is 284 g/mol. The lowest BCUT2D eigenvalue weighted by atomic mass is 10.2. The van der Waals surface area contributed by atoms with Gasteiger partial charge in [-0.1, -0.05) is 11.6 Å². The standard InChI is InChI=1S/C13H17ClN2S2/c1-8(13-9(2)17-10(3)16-13)15-7-6-11-4-5-12(14)18-11/h4-5,8,15H,6-7H2,1-3H3. The molecule has 2 aromatic heterocycles. The maximum atomic E-state index is 5.91. The molecule has 0 saturated carbocycles. The maximum absolute atomic E-state index is 5.91. The van der Waals surface area contributed by atoms with Gasteiger partial charge < -0.3 is 5.32 Å². The normalized spacial score (nSPS) is 12.9. The summed E-state index contributed by atoms with van der Waals surface area (Å²) in [5.41, 5.74) is 1.18. The van der Waals surface area contributed by atoms with E-state index in [1.54, 1.807) is 22.7 Å². The third kappa shape index (κ3) is 3.54. The minimum absolute atomic E-state index is 0.311. The zero-order chi connectivity index (χ0) is 13.1. The van der Waals surface area contributed by atoms with E-state index in [1.165, 1.54) is 15.4 Å². The molecule has 18 heavy (non-hydrogen) atoms. The molecule has 0 aliphatic carbocycles. The molecule has 1 unspecified atom stereocenters. The molecule has 0 bridgehead atoms. The number of hydrogen-bond acceptors (Lipinski definition) is 4. The number of rotatable bonds is 5. The summed E-state index contributed by atoms with van der Waals surface area (Å²) in [5.74, 6) is 0. The van der Waals surface area contributed by atoms with Crippen LogP contribution in [-0.4, -0.2) is 11.5 Å². The molecule has 0 radical (unpaired) electrons. The fraction of sp³-hybridized carbons (Fsp3) is 0.462. The number of nitrogens with zero attached hydrogens (tertiary/aromatic N) is 1. The lowest BCUT2D eigenvalue weighted by Crippen LogP contribution is -2.22. The Hall–Kier alpha value is -0.420. The lowest BCUT2D eigenvalue weighted by Gasteiger charge is -2.12. The van der Waals surface area contributed by atoms with Gasteiger partial charge in [0.2, 0.25) is 0 Å². The highest BCUT2D eigenvalue weighted by molar-refractivity contribution is 7.16. The summed E-state index contributed by atoms with van der Waals surface area (Å²) in [6, 6.07) is 4.36. The van der Waals surface area contributed by atoms with Crippen LogP contribution in [0.1, 0.15) is 33.4 Å². The smallest absolute Gasteiger partial charge is 0.0931 e. The molecule has 2 rings (SSSR count). The minimum Gasteiger partial charge on any atom is -0.308 e. The summed E-state index contributed by atoms with van der Waals surface area (Å²) in [7, 11) is 0. The molecule has 0 aromatic carbocycles. The van der Waals surface area contributed by atoms with Gasteiger partial charge in [-0.25, -0.2) is 4.98 Å². The van der Waals surface area contributed by atoms with Crippen LogP contribution in [0.15, 0.2) is 12.1 Å². The van der Waals surface area contributed by atoms with E-state index in [0.717, 1.165) is 22.3 Å². The minimum atomic E-state index is 0.311. The molecule has 5 heteroatoms. The molecule has 2 aromatic rings. The molecule has 2 nitrogen and oxygen atoms in total. The Labute approximate surface area is 121 Å². The Morgan fingerprint density at radius 2 is 2.11 bits per heavy atom. The van der Waals surface area contributed by atoms with Crippen LogP contribution in [0.4, 0.5) is 0 Å². The lowest BCUT2D eigenvalue weighted by molar-refractivity contribution is 0.565. The monoisotopic (exact) mass is 300 g/mol. The number of thiophene rings is 1. The number of aryl methyl sites for hydroxylation is 2. The van der Waals surface area contributed by atoms with Gasteiger partial charge in [-0.2, -0.15) is 0 Å². The van der Waals surface area contributed by atoms with Crippen molar-refractivity contribution in [2.45, 2.75) is 33.2 Å². The van der Waals surface area contributed by atoms with E-state index in [9.17, 15) is 0 Å². The van der Waals surface area contributed by atoms with Crippen LogP contribution in [0.25, 0.3) is 0 Å². The second kappa shape index (κ2) is 6.15. The van der Waals surface area contributed by atoms with E-state index in [0.29, 0.717) is 6.04 Å². The molecule has 1 N–H and O–H groups in total. The van der Waals surface area contributed by atoms with Crippen LogP contribution in [-0.2, 0) is 6.42 Å². The van der Waals surface area contributed by atoms with Crippen molar-refractivity contribution in [2.24, 2.45) is 0 Å².